The van der Waals surface area contributed by atoms with Crippen molar-refractivity contribution in [2.24, 2.45) is 4.99 Å². The SMILES string of the molecule is CCNC(=NCc1cc(C)oc1C)NCC(O)c1cccc(OC(C)C)c1.I. The third-order valence-corrected chi connectivity index (χ3v) is 3.97. The summed E-state index contributed by atoms with van der Waals surface area (Å²) in [5, 5.41) is 16.9. The second-order valence-electron chi connectivity index (χ2n) is 6.77. The van der Waals surface area contributed by atoms with E-state index in [9.17, 15) is 5.11 Å². The van der Waals surface area contributed by atoms with Crippen LogP contribution in [-0.4, -0.2) is 30.3 Å². The molecule has 2 aromatic rings. The molecule has 1 unspecified atom stereocenters. The standard InChI is InChI=1S/C21H31N3O3.HI/c1-6-22-21(23-12-18-10-15(4)27-16(18)5)24-13-20(25)17-8-7-9-19(11-17)26-14(2)3;/h7-11,14,20,25H,6,12-13H2,1-5H3,(H2,22,23,24);1H. The van der Waals surface area contributed by atoms with Crippen molar-refractivity contribution in [3.63, 3.8) is 0 Å². The van der Waals surface area contributed by atoms with Gasteiger partial charge in [0, 0.05) is 18.7 Å². The molecule has 1 aromatic heterocycles. The Morgan fingerprint density at radius 1 is 1.21 bits per heavy atom. The molecule has 0 amide bonds. The average molecular weight is 501 g/mol. The van der Waals surface area contributed by atoms with Gasteiger partial charge in [-0.1, -0.05) is 12.1 Å². The topological polar surface area (TPSA) is 79.0 Å². The largest absolute Gasteiger partial charge is 0.491 e. The molecule has 28 heavy (non-hydrogen) atoms. The summed E-state index contributed by atoms with van der Waals surface area (Å²) in [7, 11) is 0. The van der Waals surface area contributed by atoms with E-state index in [-0.39, 0.29) is 30.1 Å². The van der Waals surface area contributed by atoms with E-state index in [4.69, 9.17) is 9.15 Å². The lowest BCUT2D eigenvalue weighted by Gasteiger charge is -2.17. The van der Waals surface area contributed by atoms with Crippen LogP contribution in [0.25, 0.3) is 0 Å². The number of hydrogen-bond donors (Lipinski definition) is 3. The minimum atomic E-state index is -0.664. The predicted octanol–water partition coefficient (Wildman–Crippen LogP) is 4.09. The monoisotopic (exact) mass is 501 g/mol. The van der Waals surface area contributed by atoms with Crippen LogP contribution in [0, 0.1) is 13.8 Å². The Kier molecular flexibility index (Phi) is 10.4. The number of aryl methyl sites for hydroxylation is 2. The first-order chi connectivity index (χ1) is 12.9. The summed E-state index contributed by atoms with van der Waals surface area (Å²) in [5.41, 5.74) is 1.86. The number of rotatable bonds is 8. The molecular formula is C21H32IN3O3. The second kappa shape index (κ2) is 12.0. The van der Waals surface area contributed by atoms with E-state index in [1.54, 1.807) is 0 Å². The number of aliphatic hydroxyl groups excluding tert-OH is 1. The van der Waals surface area contributed by atoms with E-state index in [0.29, 0.717) is 19.0 Å². The maximum absolute atomic E-state index is 10.5. The van der Waals surface area contributed by atoms with Crippen LogP contribution in [0.15, 0.2) is 39.7 Å². The quantitative estimate of drug-likeness (QED) is 0.289. The van der Waals surface area contributed by atoms with Crippen LogP contribution >= 0.6 is 24.0 Å². The molecule has 0 bridgehead atoms. The molecule has 0 saturated heterocycles. The Morgan fingerprint density at radius 3 is 2.57 bits per heavy atom. The first kappa shape index (κ1) is 24.3. The number of guanidine groups is 1. The molecule has 0 radical (unpaired) electrons. The highest BCUT2D eigenvalue weighted by Crippen LogP contribution is 2.20. The number of benzene rings is 1. The van der Waals surface area contributed by atoms with Crippen molar-refractivity contribution >= 4 is 29.9 Å². The van der Waals surface area contributed by atoms with Crippen molar-refractivity contribution in [2.75, 3.05) is 13.1 Å². The smallest absolute Gasteiger partial charge is 0.191 e. The van der Waals surface area contributed by atoms with Gasteiger partial charge in [-0.2, -0.15) is 0 Å². The molecule has 1 heterocycles. The first-order valence-corrected chi connectivity index (χ1v) is 9.41. The van der Waals surface area contributed by atoms with Gasteiger partial charge in [-0.15, -0.1) is 24.0 Å². The van der Waals surface area contributed by atoms with Crippen LogP contribution in [0.5, 0.6) is 5.75 Å². The Bertz CT molecular complexity index is 759. The van der Waals surface area contributed by atoms with Gasteiger partial charge in [-0.25, -0.2) is 4.99 Å². The van der Waals surface area contributed by atoms with Gasteiger partial charge in [0.05, 0.1) is 18.8 Å². The van der Waals surface area contributed by atoms with Crippen molar-refractivity contribution in [1.82, 2.24) is 10.6 Å². The fourth-order valence-electron chi connectivity index (χ4n) is 2.72. The molecular weight excluding hydrogens is 469 g/mol. The minimum Gasteiger partial charge on any atom is -0.491 e. The molecule has 0 aliphatic rings. The van der Waals surface area contributed by atoms with Crippen LogP contribution in [0.4, 0.5) is 0 Å². The van der Waals surface area contributed by atoms with Crippen LogP contribution in [0.1, 0.15) is 49.5 Å². The number of nitrogens with zero attached hydrogens (tertiary/aromatic N) is 1. The highest BCUT2D eigenvalue weighted by molar-refractivity contribution is 14.0. The third kappa shape index (κ3) is 7.71. The Morgan fingerprint density at radius 2 is 1.96 bits per heavy atom. The van der Waals surface area contributed by atoms with E-state index in [1.807, 2.05) is 65.0 Å². The van der Waals surface area contributed by atoms with Gasteiger partial charge < -0.3 is 24.9 Å². The lowest BCUT2D eigenvalue weighted by atomic mass is 10.1. The molecule has 6 nitrogen and oxygen atoms in total. The summed E-state index contributed by atoms with van der Waals surface area (Å²) in [6.07, 6.45) is -0.569. The molecule has 3 N–H and O–H groups in total. The van der Waals surface area contributed by atoms with Crippen LogP contribution in [0.2, 0.25) is 0 Å². The zero-order chi connectivity index (χ0) is 19.8. The Balaban J connectivity index is 0.00000392. The number of hydrogen-bond acceptors (Lipinski definition) is 4. The second-order valence-corrected chi connectivity index (χ2v) is 6.77. The molecule has 156 valence electrons. The molecule has 1 atom stereocenters. The van der Waals surface area contributed by atoms with Crippen molar-refractivity contribution in [2.45, 2.75) is 53.4 Å². The molecule has 0 spiro atoms. The maximum atomic E-state index is 10.5. The van der Waals surface area contributed by atoms with Crippen LogP contribution in [-0.2, 0) is 6.54 Å². The number of aliphatic hydroxyl groups is 1. The number of aliphatic imine (C=N–C) groups is 1. The van der Waals surface area contributed by atoms with E-state index in [1.165, 1.54) is 0 Å². The lowest BCUT2D eigenvalue weighted by Crippen LogP contribution is -2.39. The van der Waals surface area contributed by atoms with E-state index >= 15 is 0 Å². The van der Waals surface area contributed by atoms with Crippen LogP contribution < -0.4 is 15.4 Å². The molecule has 0 fully saturated rings. The zero-order valence-electron chi connectivity index (χ0n) is 17.3. The third-order valence-electron chi connectivity index (χ3n) is 3.97. The predicted molar refractivity (Wildman–Crippen MR) is 124 cm³/mol. The van der Waals surface area contributed by atoms with Crippen LogP contribution in [0.3, 0.4) is 0 Å². The zero-order valence-corrected chi connectivity index (χ0v) is 19.6. The molecule has 1 aromatic carbocycles. The Hall–Kier alpha value is -1.74. The summed E-state index contributed by atoms with van der Waals surface area (Å²) in [4.78, 5) is 4.58. The maximum Gasteiger partial charge on any atom is 0.191 e. The van der Waals surface area contributed by atoms with Gasteiger partial charge in [0.1, 0.15) is 17.3 Å². The fourth-order valence-corrected chi connectivity index (χ4v) is 2.72. The van der Waals surface area contributed by atoms with Gasteiger partial charge >= 0.3 is 0 Å². The average Bonchev–Trinajstić information content (AvgIpc) is 2.94. The van der Waals surface area contributed by atoms with Gasteiger partial charge in [-0.05, 0) is 58.4 Å². The number of halogens is 1. The van der Waals surface area contributed by atoms with Gasteiger partial charge in [-0.3, -0.25) is 0 Å². The van der Waals surface area contributed by atoms with Gasteiger partial charge in [0.15, 0.2) is 5.96 Å². The highest BCUT2D eigenvalue weighted by atomic mass is 127. The Labute approximate surface area is 184 Å². The summed E-state index contributed by atoms with van der Waals surface area (Å²) in [6.45, 7) is 11.4. The summed E-state index contributed by atoms with van der Waals surface area (Å²) in [5.74, 6) is 3.18. The summed E-state index contributed by atoms with van der Waals surface area (Å²) >= 11 is 0. The van der Waals surface area contributed by atoms with Crippen molar-refractivity contribution in [3.8, 4) is 5.75 Å². The number of furan rings is 1. The van der Waals surface area contributed by atoms with E-state index in [2.05, 4.69) is 15.6 Å². The molecule has 7 heteroatoms. The van der Waals surface area contributed by atoms with Gasteiger partial charge in [0.2, 0.25) is 0 Å². The summed E-state index contributed by atoms with van der Waals surface area (Å²) in [6, 6.07) is 9.54. The van der Waals surface area contributed by atoms with E-state index < -0.39 is 6.10 Å². The normalized spacial score (nSPS) is 12.5. The van der Waals surface area contributed by atoms with Gasteiger partial charge in [0.25, 0.3) is 0 Å². The molecule has 0 aliphatic heterocycles. The number of nitrogens with one attached hydrogen (secondary N) is 2. The molecule has 0 aliphatic carbocycles. The summed E-state index contributed by atoms with van der Waals surface area (Å²) < 4.78 is 11.2. The fraction of sp³-hybridized carbons (Fsp3) is 0.476. The van der Waals surface area contributed by atoms with Crippen molar-refractivity contribution in [1.29, 1.82) is 0 Å². The van der Waals surface area contributed by atoms with E-state index in [0.717, 1.165) is 34.9 Å². The molecule has 0 saturated carbocycles. The number of ether oxygens (including phenoxy) is 1. The minimum absolute atomic E-state index is 0. The lowest BCUT2D eigenvalue weighted by molar-refractivity contribution is 0.179. The molecule has 2 rings (SSSR count). The van der Waals surface area contributed by atoms with Crippen molar-refractivity contribution < 1.29 is 14.3 Å². The first-order valence-electron chi connectivity index (χ1n) is 9.41. The highest BCUT2D eigenvalue weighted by Gasteiger charge is 2.11. The van der Waals surface area contributed by atoms with Crippen molar-refractivity contribution in [3.05, 3.63) is 53.0 Å².